The van der Waals surface area contributed by atoms with Crippen molar-refractivity contribution < 1.29 is 69.9 Å². The minimum absolute atomic E-state index is 0. The Hall–Kier alpha value is -6.12. The third-order valence-corrected chi connectivity index (χ3v) is 11.0. The number of pyridine rings is 2. The molecule has 2 saturated carbocycles. The van der Waals surface area contributed by atoms with Gasteiger partial charge in [0.05, 0.1) is 21.2 Å². The average molecular weight is 1010 g/mol. The second kappa shape index (κ2) is 28.3. The minimum Gasteiger partial charge on any atom is -0.484 e. The maximum absolute atomic E-state index is 13.4. The molecule has 4 aromatic rings. The summed E-state index contributed by atoms with van der Waals surface area (Å²) >= 11 is 11.2. The van der Waals surface area contributed by atoms with E-state index in [1.165, 1.54) is 42.6 Å². The molecule has 6 rings (SSSR count). The molecular formula is C46H59Cl2F5N6O9. The number of aliphatic carboxylic acids is 1. The van der Waals surface area contributed by atoms with Crippen molar-refractivity contribution in [2.75, 3.05) is 26.3 Å². The number of hydrogen-bond acceptors (Lipinski definition) is 10. The number of nitrogens with two attached hydrogens (primary N) is 1. The van der Waals surface area contributed by atoms with Crippen LogP contribution in [0.5, 0.6) is 11.5 Å². The summed E-state index contributed by atoms with van der Waals surface area (Å²) in [6.45, 7) is 4.71. The molecule has 2 aromatic heterocycles. The van der Waals surface area contributed by atoms with Gasteiger partial charge in [0.25, 0.3) is 17.7 Å². The number of nitrogens with zero attached hydrogens (tertiary/aromatic N) is 2. The number of hydrogen-bond donors (Lipinski definition) is 6. The van der Waals surface area contributed by atoms with E-state index >= 15 is 0 Å². The summed E-state index contributed by atoms with van der Waals surface area (Å²) in [6, 6.07) is 15.2. The van der Waals surface area contributed by atoms with Gasteiger partial charge in [0, 0.05) is 58.8 Å². The molecular weight excluding hydrogens is 946 g/mol. The van der Waals surface area contributed by atoms with Gasteiger partial charge < -0.3 is 41.4 Å². The smallest absolute Gasteiger partial charge is 0.484 e. The zero-order valence-corrected chi connectivity index (χ0v) is 38.6. The maximum Gasteiger partial charge on any atom is 0.490 e. The zero-order chi connectivity index (χ0) is 50.4. The summed E-state index contributed by atoms with van der Waals surface area (Å²) in [7, 11) is 0. The Morgan fingerprint density at radius 3 is 1.46 bits per heavy atom. The molecule has 2 aromatic carbocycles. The van der Waals surface area contributed by atoms with Gasteiger partial charge in [0.1, 0.15) is 23.1 Å². The van der Waals surface area contributed by atoms with Crippen LogP contribution in [0.4, 0.5) is 22.0 Å². The first-order chi connectivity index (χ1) is 32.1. The molecule has 15 nitrogen and oxygen atoms in total. The molecule has 0 atom stereocenters. The van der Waals surface area contributed by atoms with Crippen molar-refractivity contribution in [3.8, 4) is 11.5 Å². The van der Waals surface area contributed by atoms with Gasteiger partial charge in [-0.05, 0) is 132 Å². The van der Waals surface area contributed by atoms with Crippen LogP contribution in [0.3, 0.4) is 0 Å². The molecule has 0 aliphatic heterocycles. The number of aromatic carboxylic acids is 1. The lowest BCUT2D eigenvalue weighted by molar-refractivity contribution is -0.192. The monoisotopic (exact) mass is 1000 g/mol. The van der Waals surface area contributed by atoms with Crippen LogP contribution >= 0.6 is 23.2 Å². The van der Waals surface area contributed by atoms with Crippen molar-refractivity contribution >= 4 is 52.9 Å². The third-order valence-electron chi connectivity index (χ3n) is 10.4. The molecule has 68 heavy (non-hydrogen) atoms. The van der Waals surface area contributed by atoms with Gasteiger partial charge in [-0.1, -0.05) is 23.2 Å². The Balaban J connectivity index is 0.00000103. The number of benzene rings is 2. The third kappa shape index (κ3) is 21.2. The van der Waals surface area contributed by atoms with Crippen LogP contribution in [-0.2, 0) is 14.4 Å². The molecule has 0 radical (unpaired) electrons. The van der Waals surface area contributed by atoms with Crippen molar-refractivity contribution in [3.63, 3.8) is 0 Å². The number of ether oxygens (including phenoxy) is 2. The number of carboxylic acid groups (broad SMARTS) is 2. The van der Waals surface area contributed by atoms with Crippen LogP contribution in [0.15, 0.2) is 73.1 Å². The first-order valence-corrected chi connectivity index (χ1v) is 22.0. The highest BCUT2D eigenvalue weighted by Crippen LogP contribution is 2.26. The molecule has 376 valence electrons. The van der Waals surface area contributed by atoms with Crippen LogP contribution in [0.2, 0.25) is 10.0 Å². The number of aryl methyl sites for hydroxylation is 2. The van der Waals surface area contributed by atoms with Crippen molar-refractivity contribution in [1.29, 1.82) is 0 Å². The van der Waals surface area contributed by atoms with Crippen molar-refractivity contribution in [2.45, 2.75) is 83.5 Å². The number of halogens is 7. The molecule has 0 bridgehead atoms. The molecule has 0 saturated heterocycles. The summed E-state index contributed by atoms with van der Waals surface area (Å²) in [6.07, 6.45) is 5.35. The number of amides is 3. The Bertz CT molecular complexity index is 2280. The van der Waals surface area contributed by atoms with E-state index in [9.17, 15) is 41.1 Å². The second-order valence-corrected chi connectivity index (χ2v) is 16.5. The fraction of sp³-hybridized carbons (Fsp3) is 0.413. The van der Waals surface area contributed by atoms with Crippen LogP contribution in [0.25, 0.3) is 0 Å². The normalized spacial score (nSPS) is 17.4. The van der Waals surface area contributed by atoms with Gasteiger partial charge in [-0.25, -0.2) is 18.4 Å². The van der Waals surface area contributed by atoms with Crippen molar-refractivity contribution in [2.24, 2.45) is 17.6 Å². The average Bonchev–Trinajstić information content (AvgIpc) is 3.30. The van der Waals surface area contributed by atoms with Crippen molar-refractivity contribution in [3.05, 3.63) is 117 Å². The lowest BCUT2D eigenvalue weighted by Crippen LogP contribution is -2.41. The van der Waals surface area contributed by atoms with Crippen LogP contribution in [0.1, 0.15) is 87.8 Å². The van der Waals surface area contributed by atoms with E-state index < -0.39 is 29.7 Å². The maximum atomic E-state index is 13.4. The number of alkyl halides is 3. The highest BCUT2D eigenvalue weighted by Gasteiger charge is 2.38. The molecule has 2 aliphatic rings. The molecule has 22 heteroatoms. The predicted molar refractivity (Wildman–Crippen MR) is 248 cm³/mol. The lowest BCUT2D eigenvalue weighted by Gasteiger charge is -2.29. The predicted octanol–water partition coefficient (Wildman–Crippen LogP) is 8.62. The van der Waals surface area contributed by atoms with E-state index in [0.717, 1.165) is 68.8 Å². The van der Waals surface area contributed by atoms with Gasteiger partial charge in [0.2, 0.25) is 0 Å². The molecule has 0 unspecified atom stereocenters. The van der Waals surface area contributed by atoms with Gasteiger partial charge in [-0.15, -0.1) is 0 Å². The van der Waals surface area contributed by atoms with E-state index in [-0.39, 0.29) is 68.7 Å². The molecule has 0 spiro atoms. The SMILES string of the molecule is Cc1ccc(C(=O)NCC2CCC(NC(=O)COc3ccc(Cl)c(F)c3)CC2)cn1.Cc1ccc(C(=O)O)cn1.NCC1CCC(NC(=O)COc2ccc(Cl)c(F)c2)CC1.O=C(O)C(F)(F)F.[HH].[HH].[HH]. The number of aromatic nitrogens is 2. The number of carbonyl (C=O) groups is 5. The van der Waals surface area contributed by atoms with E-state index in [4.69, 9.17) is 53.4 Å². The Labute approximate surface area is 403 Å². The van der Waals surface area contributed by atoms with E-state index in [2.05, 4.69) is 25.9 Å². The lowest BCUT2D eigenvalue weighted by atomic mass is 9.86. The fourth-order valence-corrected chi connectivity index (χ4v) is 6.79. The highest BCUT2D eigenvalue weighted by atomic mass is 35.5. The largest absolute Gasteiger partial charge is 0.490 e. The number of rotatable bonds is 13. The Morgan fingerprint density at radius 2 is 1.10 bits per heavy atom. The van der Waals surface area contributed by atoms with Crippen LogP contribution in [-0.4, -0.2) is 94.4 Å². The summed E-state index contributed by atoms with van der Waals surface area (Å²) in [5, 5.41) is 24.5. The van der Waals surface area contributed by atoms with Gasteiger partial charge in [-0.2, -0.15) is 13.2 Å². The summed E-state index contributed by atoms with van der Waals surface area (Å²) in [5.74, 6) is -3.88. The number of nitrogens with one attached hydrogen (secondary N) is 3. The summed E-state index contributed by atoms with van der Waals surface area (Å²) in [4.78, 5) is 63.2. The number of carboxylic acids is 2. The molecule has 2 aliphatic carbocycles. The molecule has 7 N–H and O–H groups in total. The van der Waals surface area contributed by atoms with Crippen LogP contribution < -0.4 is 31.2 Å². The first kappa shape index (κ1) is 56.2. The molecule has 3 amide bonds. The minimum atomic E-state index is -5.08. The van der Waals surface area contributed by atoms with Gasteiger partial charge in [-0.3, -0.25) is 24.4 Å². The Kier molecular flexibility index (Phi) is 23.4. The van der Waals surface area contributed by atoms with E-state index in [1.54, 1.807) is 18.3 Å². The van der Waals surface area contributed by atoms with Crippen LogP contribution in [0, 0.1) is 37.3 Å². The molecule has 2 fully saturated rings. The Morgan fingerprint density at radius 1 is 0.691 bits per heavy atom. The molecule has 2 heterocycles. The summed E-state index contributed by atoms with van der Waals surface area (Å²) < 4.78 is 68.9. The fourth-order valence-electron chi connectivity index (χ4n) is 6.56. The first-order valence-electron chi connectivity index (χ1n) is 21.2. The second-order valence-electron chi connectivity index (χ2n) is 15.7. The number of carbonyl (C=O) groups excluding carboxylic acids is 3. The van der Waals surface area contributed by atoms with Gasteiger partial charge >= 0.3 is 18.1 Å². The van der Waals surface area contributed by atoms with Crippen molar-refractivity contribution in [1.82, 2.24) is 25.9 Å². The zero-order valence-electron chi connectivity index (χ0n) is 37.1. The quantitative estimate of drug-likeness (QED) is 0.0692. The topological polar surface area (TPSA) is 232 Å². The summed E-state index contributed by atoms with van der Waals surface area (Å²) in [5.41, 5.74) is 8.12. The van der Waals surface area contributed by atoms with E-state index in [1.807, 2.05) is 19.9 Å². The highest BCUT2D eigenvalue weighted by molar-refractivity contribution is 6.31. The standard InChI is InChI=1S/C22H25ClFN3O3.C15H20ClFN2O2.C7H7NO2.C2HF3O2.3H2/c1-14-2-5-16(12-25-14)22(29)26-11-15-3-6-17(7-4-15)27-21(28)13-30-18-8-9-19(23)20(24)10-18;16-13-6-5-12(7-14(13)17)21-9-15(20)19-11-3-1-10(8-18)2-4-11;1-5-2-3-6(4-8-5)7(9)10;3-2(4,5)1(6)7;;;/h2,5,8-10,12,15,17H,3-4,6-7,11,13H2,1H3,(H,26,29)(H,27,28);5-7,10-11H,1-4,8-9,18H2,(H,19,20);2-4H,1H3,(H,9,10);(H,6,7);3*1H. The van der Waals surface area contributed by atoms with E-state index in [0.29, 0.717) is 36.2 Å². The van der Waals surface area contributed by atoms with Gasteiger partial charge in [0.15, 0.2) is 13.2 Å².